The topological polar surface area (TPSA) is 108 Å². The Morgan fingerprint density at radius 1 is 1.18 bits per heavy atom. The largest absolute Gasteiger partial charge is 0.322 e. The molecule has 4 rings (SSSR count). The number of aromatic nitrogens is 3. The molecule has 0 atom stereocenters. The predicted octanol–water partition coefficient (Wildman–Crippen LogP) is 2.57. The first-order valence-corrected chi connectivity index (χ1v) is 10.4. The van der Waals surface area contributed by atoms with E-state index in [1.807, 2.05) is 19.1 Å². The van der Waals surface area contributed by atoms with Crippen LogP contribution in [0.15, 0.2) is 48.5 Å². The Balaban J connectivity index is 1.55. The van der Waals surface area contributed by atoms with Crippen molar-refractivity contribution in [2.24, 2.45) is 0 Å². The summed E-state index contributed by atoms with van der Waals surface area (Å²) in [6, 6.07) is 13.9. The summed E-state index contributed by atoms with van der Waals surface area (Å²) in [6.45, 7) is 2.25. The molecular formula is C19H19N5O3S. The van der Waals surface area contributed by atoms with Crippen LogP contribution < -0.4 is 9.62 Å². The molecular weight excluding hydrogens is 378 g/mol. The van der Waals surface area contributed by atoms with Crippen molar-refractivity contribution in [2.45, 2.75) is 13.3 Å². The van der Waals surface area contributed by atoms with Crippen LogP contribution in [0.25, 0.3) is 11.4 Å². The number of carbonyl (C=O) groups is 1. The second-order valence-corrected chi connectivity index (χ2v) is 8.58. The Kier molecular flexibility index (Phi) is 4.60. The van der Waals surface area contributed by atoms with Gasteiger partial charge in [0.25, 0.3) is 5.91 Å². The van der Waals surface area contributed by atoms with Crippen LogP contribution in [0.5, 0.6) is 0 Å². The zero-order chi connectivity index (χ0) is 19.7. The van der Waals surface area contributed by atoms with Gasteiger partial charge in [0, 0.05) is 23.4 Å². The highest BCUT2D eigenvalue weighted by molar-refractivity contribution is 7.93. The lowest BCUT2D eigenvalue weighted by Gasteiger charge is -2.17. The smallest absolute Gasteiger partial charge is 0.255 e. The van der Waals surface area contributed by atoms with Crippen LogP contribution in [0.3, 0.4) is 0 Å². The summed E-state index contributed by atoms with van der Waals surface area (Å²) < 4.78 is 25.6. The van der Waals surface area contributed by atoms with Crippen molar-refractivity contribution in [1.82, 2.24) is 15.2 Å². The quantitative estimate of drug-likeness (QED) is 0.703. The molecule has 1 aliphatic heterocycles. The van der Waals surface area contributed by atoms with Crippen molar-refractivity contribution in [3.05, 3.63) is 59.9 Å². The lowest BCUT2D eigenvalue weighted by Crippen LogP contribution is -2.25. The molecule has 2 heterocycles. The molecule has 9 heteroatoms. The second-order valence-electron chi connectivity index (χ2n) is 6.57. The molecule has 1 amide bonds. The second kappa shape index (κ2) is 7.08. The maximum atomic E-state index is 12.7. The monoisotopic (exact) mass is 397 g/mol. The Hall–Kier alpha value is -3.20. The van der Waals surface area contributed by atoms with Gasteiger partial charge in [0.2, 0.25) is 10.0 Å². The van der Waals surface area contributed by atoms with Gasteiger partial charge in [-0.15, -0.1) is 0 Å². The molecule has 8 nitrogen and oxygen atoms in total. The number of aromatic amines is 1. The molecule has 2 N–H and O–H groups in total. The molecule has 1 aliphatic rings. The van der Waals surface area contributed by atoms with Gasteiger partial charge in [-0.3, -0.25) is 14.2 Å². The summed E-state index contributed by atoms with van der Waals surface area (Å²) in [6.07, 6.45) is 0.590. The average Bonchev–Trinajstić information content (AvgIpc) is 3.27. The van der Waals surface area contributed by atoms with E-state index in [4.69, 9.17) is 0 Å². The average molecular weight is 397 g/mol. The first kappa shape index (κ1) is 18.2. The lowest BCUT2D eigenvalue weighted by molar-refractivity contribution is 0.102. The zero-order valence-corrected chi connectivity index (χ0v) is 16.0. The van der Waals surface area contributed by atoms with E-state index in [1.165, 1.54) is 4.31 Å². The van der Waals surface area contributed by atoms with Crippen molar-refractivity contribution in [3.63, 3.8) is 0 Å². The van der Waals surface area contributed by atoms with Crippen LogP contribution in [-0.2, 0) is 10.0 Å². The number of rotatable bonds is 4. The van der Waals surface area contributed by atoms with Crippen LogP contribution >= 0.6 is 0 Å². The molecule has 1 saturated heterocycles. The van der Waals surface area contributed by atoms with E-state index < -0.39 is 10.0 Å². The number of sulfonamides is 1. The Bertz CT molecular complexity index is 1140. The number of nitrogens with zero attached hydrogens (tertiary/aromatic N) is 3. The predicted molar refractivity (Wildman–Crippen MR) is 107 cm³/mol. The highest BCUT2D eigenvalue weighted by atomic mass is 32.2. The van der Waals surface area contributed by atoms with E-state index >= 15 is 0 Å². The third kappa shape index (κ3) is 3.61. The van der Waals surface area contributed by atoms with Gasteiger partial charge in [-0.25, -0.2) is 13.4 Å². The van der Waals surface area contributed by atoms with Crippen LogP contribution in [0, 0.1) is 6.92 Å². The van der Waals surface area contributed by atoms with Gasteiger partial charge >= 0.3 is 0 Å². The van der Waals surface area contributed by atoms with Crippen LogP contribution in [0.2, 0.25) is 0 Å². The van der Waals surface area contributed by atoms with E-state index in [0.717, 1.165) is 5.56 Å². The van der Waals surface area contributed by atoms with Crippen molar-refractivity contribution >= 4 is 27.3 Å². The van der Waals surface area contributed by atoms with E-state index in [2.05, 4.69) is 20.5 Å². The van der Waals surface area contributed by atoms with Gasteiger partial charge in [0.05, 0.1) is 11.4 Å². The molecule has 0 unspecified atom stereocenters. The fourth-order valence-corrected chi connectivity index (χ4v) is 4.70. The summed E-state index contributed by atoms with van der Waals surface area (Å²) in [7, 11) is -3.29. The number of hydrogen-bond donors (Lipinski definition) is 2. The molecule has 0 saturated carbocycles. The van der Waals surface area contributed by atoms with Crippen molar-refractivity contribution < 1.29 is 13.2 Å². The van der Waals surface area contributed by atoms with Crippen molar-refractivity contribution in [2.75, 3.05) is 21.9 Å². The van der Waals surface area contributed by atoms with Gasteiger partial charge in [-0.2, -0.15) is 5.10 Å². The summed E-state index contributed by atoms with van der Waals surface area (Å²) >= 11 is 0. The lowest BCUT2D eigenvalue weighted by atomic mass is 10.1. The van der Waals surface area contributed by atoms with E-state index in [-0.39, 0.29) is 11.7 Å². The minimum Gasteiger partial charge on any atom is -0.322 e. The highest BCUT2D eigenvalue weighted by Gasteiger charge is 2.28. The molecule has 0 aliphatic carbocycles. The number of aryl methyl sites for hydroxylation is 1. The standard InChI is InChI=1S/C19H19N5O3S/c1-13-20-18(23-22-13)14-5-2-7-16(11-14)21-19(25)15-6-3-8-17(12-15)24-9-4-10-28(24,26)27/h2-3,5-8,11-12H,4,9-10H2,1H3,(H,21,25)(H,20,22,23). The molecule has 0 bridgehead atoms. The summed E-state index contributed by atoms with van der Waals surface area (Å²) in [5.74, 6) is 1.08. The van der Waals surface area contributed by atoms with Crippen molar-refractivity contribution in [3.8, 4) is 11.4 Å². The summed E-state index contributed by atoms with van der Waals surface area (Å²) in [5.41, 5.74) is 2.28. The molecule has 0 radical (unpaired) electrons. The first-order chi connectivity index (χ1) is 13.4. The van der Waals surface area contributed by atoms with E-state index in [0.29, 0.717) is 41.6 Å². The summed E-state index contributed by atoms with van der Waals surface area (Å²) in [4.78, 5) is 17.0. The maximum absolute atomic E-state index is 12.7. The minimum atomic E-state index is -3.29. The van der Waals surface area contributed by atoms with Gasteiger partial charge in [-0.1, -0.05) is 18.2 Å². The maximum Gasteiger partial charge on any atom is 0.255 e. The zero-order valence-electron chi connectivity index (χ0n) is 15.2. The number of hydrogen-bond acceptors (Lipinski definition) is 5. The molecule has 2 aromatic carbocycles. The Labute approximate surface area is 162 Å². The number of benzene rings is 2. The molecule has 3 aromatic rings. The normalized spacial score (nSPS) is 15.5. The molecule has 28 heavy (non-hydrogen) atoms. The van der Waals surface area contributed by atoms with Crippen LogP contribution in [-0.4, -0.2) is 41.8 Å². The van der Waals surface area contributed by atoms with Crippen molar-refractivity contribution in [1.29, 1.82) is 0 Å². The Morgan fingerprint density at radius 3 is 2.71 bits per heavy atom. The Morgan fingerprint density at radius 2 is 2.00 bits per heavy atom. The van der Waals surface area contributed by atoms with Gasteiger partial charge < -0.3 is 5.32 Å². The van der Waals surface area contributed by atoms with Gasteiger partial charge in [0.1, 0.15) is 5.82 Å². The molecule has 144 valence electrons. The number of amides is 1. The third-order valence-electron chi connectivity index (χ3n) is 4.47. The number of H-pyrrole nitrogens is 1. The molecule has 1 aromatic heterocycles. The fourth-order valence-electron chi connectivity index (χ4n) is 3.14. The fraction of sp³-hybridized carbons (Fsp3) is 0.211. The first-order valence-electron chi connectivity index (χ1n) is 8.84. The molecule has 1 fully saturated rings. The van der Waals surface area contributed by atoms with Crippen LogP contribution in [0.4, 0.5) is 11.4 Å². The minimum absolute atomic E-state index is 0.136. The number of anilines is 2. The SMILES string of the molecule is Cc1nc(-c2cccc(NC(=O)c3cccc(N4CCCS4(=O)=O)c3)c2)n[nH]1. The number of carbonyl (C=O) groups excluding carboxylic acids is 1. The van der Waals surface area contributed by atoms with Gasteiger partial charge in [-0.05, 0) is 43.7 Å². The highest BCUT2D eigenvalue weighted by Crippen LogP contribution is 2.25. The third-order valence-corrected chi connectivity index (χ3v) is 6.34. The molecule has 0 spiro atoms. The van der Waals surface area contributed by atoms with E-state index in [1.54, 1.807) is 36.4 Å². The van der Waals surface area contributed by atoms with Gasteiger partial charge in [0.15, 0.2) is 5.82 Å². The summed E-state index contributed by atoms with van der Waals surface area (Å²) in [5, 5.41) is 9.75. The van der Waals surface area contributed by atoms with E-state index in [9.17, 15) is 13.2 Å². The van der Waals surface area contributed by atoms with Crippen LogP contribution in [0.1, 0.15) is 22.6 Å². The number of nitrogens with one attached hydrogen (secondary N) is 2.